The Bertz CT molecular complexity index is 265. The average Bonchev–Trinajstić information content (AvgIpc) is 2.24. The zero-order valence-corrected chi connectivity index (χ0v) is 10.5. The number of carbonyl (C=O) groups is 2. The van der Waals surface area contributed by atoms with E-state index in [4.69, 9.17) is 4.52 Å². The van der Waals surface area contributed by atoms with E-state index in [0.29, 0.717) is 0 Å². The molecule has 0 radical (unpaired) electrons. The normalized spacial score (nSPS) is 12.8. The number of carbonyl (C=O) groups excluding carboxylic acids is 2. The number of methoxy groups -OCH3 is 1. The van der Waals surface area contributed by atoms with Crippen molar-refractivity contribution in [3.8, 4) is 0 Å². The van der Waals surface area contributed by atoms with Crippen LogP contribution >= 0.6 is 8.03 Å². The monoisotopic (exact) mass is 251 g/mol. The summed E-state index contributed by atoms with van der Waals surface area (Å²) in [5, 5.41) is 0. The highest BCUT2D eigenvalue weighted by atomic mass is 31.1. The summed E-state index contributed by atoms with van der Waals surface area (Å²) in [6, 6.07) is 0. The molecule has 2 atom stereocenters. The van der Waals surface area contributed by atoms with Crippen molar-refractivity contribution in [1.82, 2.24) is 0 Å². The summed E-state index contributed by atoms with van der Waals surface area (Å²) in [4.78, 5) is 21.9. The molecule has 0 aromatic carbocycles. The van der Waals surface area contributed by atoms with Crippen LogP contribution in [0, 0.1) is 0 Å². The van der Waals surface area contributed by atoms with Gasteiger partial charge in [-0.15, -0.1) is 4.52 Å². The molecular weight excluding hydrogens is 235 g/mol. The minimum atomic E-state index is -2.40. The molecule has 16 heavy (non-hydrogen) atoms. The van der Waals surface area contributed by atoms with Crippen LogP contribution in [-0.2, 0) is 28.2 Å². The standard InChI is InChI=1S/C9H16O6P/c1-4-5-6-14-16(12)9(8(11)13-3)15-7(2)10/h9H,4-6H2,1-3H3/q+1. The fourth-order valence-electron chi connectivity index (χ4n) is 0.802. The molecular formula is C9H16O6P+. The van der Waals surface area contributed by atoms with Gasteiger partial charge in [-0.1, -0.05) is 13.3 Å². The molecule has 0 aromatic rings. The molecule has 0 spiro atoms. The molecule has 0 saturated heterocycles. The first-order valence-corrected chi connectivity index (χ1v) is 6.11. The maximum atomic E-state index is 11.5. The Morgan fingerprint density at radius 2 is 2.00 bits per heavy atom. The van der Waals surface area contributed by atoms with E-state index in [-0.39, 0.29) is 6.61 Å². The molecule has 6 nitrogen and oxygen atoms in total. The SMILES string of the molecule is CCCCO[P+](=O)C(OC(C)=O)C(=O)OC. The molecule has 0 saturated carbocycles. The maximum Gasteiger partial charge on any atom is 0.566 e. The van der Waals surface area contributed by atoms with Gasteiger partial charge in [0.1, 0.15) is 6.61 Å². The molecule has 0 fully saturated rings. The highest BCUT2D eigenvalue weighted by Crippen LogP contribution is 2.31. The van der Waals surface area contributed by atoms with Crippen molar-refractivity contribution in [3.05, 3.63) is 0 Å². The third kappa shape index (κ3) is 5.78. The number of esters is 2. The van der Waals surface area contributed by atoms with Crippen molar-refractivity contribution in [1.29, 1.82) is 0 Å². The molecule has 0 aliphatic carbocycles. The molecule has 0 N–H and O–H groups in total. The molecule has 0 aliphatic heterocycles. The topological polar surface area (TPSA) is 78.9 Å². The quantitative estimate of drug-likeness (QED) is 0.388. The number of rotatable bonds is 7. The van der Waals surface area contributed by atoms with Crippen molar-refractivity contribution >= 4 is 20.0 Å². The lowest BCUT2D eigenvalue weighted by molar-refractivity contribution is -0.159. The predicted molar refractivity (Wildman–Crippen MR) is 56.0 cm³/mol. The zero-order chi connectivity index (χ0) is 12.6. The van der Waals surface area contributed by atoms with E-state index in [1.165, 1.54) is 0 Å². The van der Waals surface area contributed by atoms with Crippen molar-refractivity contribution in [3.63, 3.8) is 0 Å². The minimum absolute atomic E-state index is 0.250. The molecule has 0 aliphatic rings. The second-order valence-electron chi connectivity index (χ2n) is 2.96. The van der Waals surface area contributed by atoms with Gasteiger partial charge in [-0.2, -0.15) is 0 Å². The third-order valence-electron chi connectivity index (χ3n) is 1.59. The highest BCUT2D eigenvalue weighted by Gasteiger charge is 2.44. The first kappa shape index (κ1) is 15.0. The van der Waals surface area contributed by atoms with Gasteiger partial charge in [-0.25, -0.2) is 4.79 Å². The Balaban J connectivity index is 4.32. The van der Waals surface area contributed by atoms with Gasteiger partial charge >= 0.3 is 25.8 Å². The smallest absolute Gasteiger partial charge is 0.463 e. The Morgan fingerprint density at radius 3 is 2.44 bits per heavy atom. The fourth-order valence-corrected chi connectivity index (χ4v) is 1.76. The summed E-state index contributed by atoms with van der Waals surface area (Å²) in [7, 11) is -1.28. The predicted octanol–water partition coefficient (Wildman–Crippen LogP) is 1.61. The Hall–Kier alpha value is -1.00. The summed E-state index contributed by atoms with van der Waals surface area (Å²) in [6.07, 6.45) is 1.59. The third-order valence-corrected chi connectivity index (χ3v) is 2.72. The Kier molecular flexibility index (Phi) is 7.68. The van der Waals surface area contributed by atoms with Crippen LogP contribution in [0.5, 0.6) is 0 Å². The van der Waals surface area contributed by atoms with Crippen molar-refractivity contribution in [2.75, 3.05) is 13.7 Å². The Morgan fingerprint density at radius 1 is 1.38 bits per heavy atom. The zero-order valence-electron chi connectivity index (χ0n) is 9.60. The highest BCUT2D eigenvalue weighted by molar-refractivity contribution is 7.41. The minimum Gasteiger partial charge on any atom is -0.463 e. The molecule has 0 heterocycles. The summed E-state index contributed by atoms with van der Waals surface area (Å²) in [5.74, 6) is -3.07. The van der Waals surface area contributed by atoms with Crippen LogP contribution in [0.1, 0.15) is 26.7 Å². The lowest BCUT2D eigenvalue weighted by Gasteiger charge is -2.04. The molecule has 0 amide bonds. The average molecular weight is 251 g/mol. The lowest BCUT2D eigenvalue weighted by atomic mass is 10.4. The van der Waals surface area contributed by atoms with Gasteiger partial charge in [-0.05, 0) is 11.0 Å². The summed E-state index contributed by atoms with van der Waals surface area (Å²) >= 11 is 0. The van der Waals surface area contributed by atoms with Crippen molar-refractivity contribution in [2.45, 2.75) is 32.5 Å². The van der Waals surface area contributed by atoms with E-state index in [1.807, 2.05) is 6.92 Å². The van der Waals surface area contributed by atoms with Gasteiger partial charge < -0.3 is 9.47 Å². The number of hydrogen-bond donors (Lipinski definition) is 0. The van der Waals surface area contributed by atoms with E-state index in [2.05, 4.69) is 9.47 Å². The van der Waals surface area contributed by atoms with Gasteiger partial charge in [0, 0.05) is 6.92 Å². The van der Waals surface area contributed by atoms with E-state index in [9.17, 15) is 14.2 Å². The van der Waals surface area contributed by atoms with Gasteiger partial charge in [0.05, 0.1) is 7.11 Å². The second kappa shape index (κ2) is 8.19. The molecule has 92 valence electrons. The fraction of sp³-hybridized carbons (Fsp3) is 0.778. The molecule has 2 unspecified atom stereocenters. The number of hydrogen-bond acceptors (Lipinski definition) is 6. The van der Waals surface area contributed by atoms with Crippen LogP contribution in [0.4, 0.5) is 0 Å². The van der Waals surface area contributed by atoms with Crippen LogP contribution in [0.25, 0.3) is 0 Å². The summed E-state index contributed by atoms with van der Waals surface area (Å²) < 4.78 is 25.3. The first-order chi connectivity index (χ1) is 7.52. The van der Waals surface area contributed by atoms with Gasteiger partial charge in [0.2, 0.25) is 0 Å². The number of ether oxygens (including phenoxy) is 2. The van der Waals surface area contributed by atoms with E-state index >= 15 is 0 Å². The van der Waals surface area contributed by atoms with Crippen molar-refractivity contribution in [2.24, 2.45) is 0 Å². The summed E-state index contributed by atoms with van der Waals surface area (Å²) in [6.45, 7) is 3.31. The van der Waals surface area contributed by atoms with Crippen LogP contribution in [-0.4, -0.2) is 31.5 Å². The number of unbranched alkanes of at least 4 members (excludes halogenated alkanes) is 1. The summed E-state index contributed by atoms with van der Waals surface area (Å²) in [5.41, 5.74) is 0. The van der Waals surface area contributed by atoms with Crippen LogP contribution in [0.2, 0.25) is 0 Å². The van der Waals surface area contributed by atoms with E-state index in [1.54, 1.807) is 0 Å². The van der Waals surface area contributed by atoms with Crippen molar-refractivity contribution < 1.29 is 28.2 Å². The van der Waals surface area contributed by atoms with Gasteiger partial charge in [0.15, 0.2) is 0 Å². The van der Waals surface area contributed by atoms with Gasteiger partial charge in [0.25, 0.3) is 0 Å². The van der Waals surface area contributed by atoms with Crippen LogP contribution in [0.15, 0.2) is 0 Å². The van der Waals surface area contributed by atoms with E-state index in [0.717, 1.165) is 26.9 Å². The maximum absolute atomic E-state index is 11.5. The van der Waals surface area contributed by atoms with Gasteiger partial charge in [-0.3, -0.25) is 4.79 Å². The molecule has 0 bridgehead atoms. The van der Waals surface area contributed by atoms with Crippen LogP contribution in [0.3, 0.4) is 0 Å². The largest absolute Gasteiger partial charge is 0.566 e. The lowest BCUT2D eigenvalue weighted by Crippen LogP contribution is -2.24. The molecule has 7 heteroatoms. The van der Waals surface area contributed by atoms with E-state index < -0.39 is 25.8 Å². The molecule has 0 aromatic heterocycles. The molecule has 0 rings (SSSR count). The Labute approximate surface area is 95.1 Å². The van der Waals surface area contributed by atoms with Crippen LogP contribution < -0.4 is 0 Å². The second-order valence-corrected chi connectivity index (χ2v) is 4.26. The first-order valence-electron chi connectivity index (χ1n) is 4.87.